The van der Waals surface area contributed by atoms with Gasteiger partial charge in [0.2, 0.25) is 11.8 Å². The molecule has 136 valence electrons. The average Bonchev–Trinajstić information content (AvgIpc) is 2.64. The summed E-state index contributed by atoms with van der Waals surface area (Å²) in [6.45, 7) is 1.25. The van der Waals surface area contributed by atoms with Crippen LogP contribution in [0.1, 0.15) is 6.92 Å². The van der Waals surface area contributed by atoms with Crippen LogP contribution in [0.5, 0.6) is 0 Å². The molecular formula is C20H18N4O3. The Balaban J connectivity index is 1.69. The van der Waals surface area contributed by atoms with Gasteiger partial charge in [-0.3, -0.25) is 19.0 Å². The van der Waals surface area contributed by atoms with E-state index in [-0.39, 0.29) is 23.9 Å². The molecule has 0 aliphatic heterocycles. The number of nitrogens with zero attached hydrogens (tertiary/aromatic N) is 2. The first-order valence-corrected chi connectivity index (χ1v) is 8.31. The zero-order valence-corrected chi connectivity index (χ0v) is 14.7. The van der Waals surface area contributed by atoms with E-state index in [1.165, 1.54) is 23.9 Å². The van der Waals surface area contributed by atoms with Crippen molar-refractivity contribution >= 4 is 23.2 Å². The Hall–Kier alpha value is -3.74. The zero-order chi connectivity index (χ0) is 19.2. The van der Waals surface area contributed by atoms with Gasteiger partial charge in [-0.25, -0.2) is 4.98 Å². The minimum absolute atomic E-state index is 0.161. The fourth-order valence-corrected chi connectivity index (χ4v) is 2.54. The third kappa shape index (κ3) is 4.88. The van der Waals surface area contributed by atoms with Crippen LogP contribution < -0.4 is 16.2 Å². The third-order valence-electron chi connectivity index (χ3n) is 3.73. The van der Waals surface area contributed by atoms with Crippen LogP contribution in [-0.2, 0) is 16.1 Å². The Morgan fingerprint density at radius 1 is 0.963 bits per heavy atom. The van der Waals surface area contributed by atoms with Gasteiger partial charge in [-0.05, 0) is 18.2 Å². The molecule has 1 aromatic heterocycles. The van der Waals surface area contributed by atoms with Crippen molar-refractivity contribution in [2.24, 2.45) is 0 Å². The van der Waals surface area contributed by atoms with Crippen LogP contribution in [0.2, 0.25) is 0 Å². The van der Waals surface area contributed by atoms with Crippen LogP contribution in [0.15, 0.2) is 71.8 Å². The molecule has 3 rings (SSSR count). The minimum atomic E-state index is -0.369. The summed E-state index contributed by atoms with van der Waals surface area (Å²) >= 11 is 0. The highest BCUT2D eigenvalue weighted by atomic mass is 16.2. The summed E-state index contributed by atoms with van der Waals surface area (Å²) in [6.07, 6.45) is 1.36. The number of nitrogens with one attached hydrogen (secondary N) is 2. The maximum Gasteiger partial charge on any atom is 0.254 e. The van der Waals surface area contributed by atoms with E-state index in [0.717, 1.165) is 5.56 Å². The largest absolute Gasteiger partial charge is 0.326 e. The molecule has 0 unspecified atom stereocenters. The molecule has 1 heterocycles. The number of rotatable bonds is 5. The Morgan fingerprint density at radius 2 is 1.67 bits per heavy atom. The molecule has 7 heteroatoms. The lowest BCUT2D eigenvalue weighted by Crippen LogP contribution is -2.27. The minimum Gasteiger partial charge on any atom is -0.326 e. The van der Waals surface area contributed by atoms with Crippen LogP contribution in [-0.4, -0.2) is 21.4 Å². The SMILES string of the molecule is CC(=O)Nc1cccc(NC(=O)Cn2cnc(-c3ccccc3)cc2=O)c1. The maximum atomic E-state index is 12.3. The normalized spacial score (nSPS) is 10.3. The highest BCUT2D eigenvalue weighted by Gasteiger charge is 2.08. The fourth-order valence-electron chi connectivity index (χ4n) is 2.54. The summed E-state index contributed by atoms with van der Waals surface area (Å²) < 4.78 is 1.24. The Bertz CT molecular complexity index is 1030. The van der Waals surface area contributed by atoms with Crippen LogP contribution >= 0.6 is 0 Å². The predicted octanol–water partition coefficient (Wildman–Crippen LogP) is 2.51. The van der Waals surface area contributed by atoms with Crippen molar-refractivity contribution in [2.75, 3.05) is 10.6 Å². The van der Waals surface area contributed by atoms with Crippen LogP contribution in [0.3, 0.4) is 0 Å². The Kier molecular flexibility index (Phi) is 5.41. The first-order chi connectivity index (χ1) is 13.0. The lowest BCUT2D eigenvalue weighted by Gasteiger charge is -2.09. The number of hydrogen-bond acceptors (Lipinski definition) is 4. The third-order valence-corrected chi connectivity index (χ3v) is 3.73. The number of aromatic nitrogens is 2. The Labute approximate surface area is 155 Å². The van der Waals surface area contributed by atoms with Gasteiger partial charge in [-0.2, -0.15) is 0 Å². The summed E-state index contributed by atoms with van der Waals surface area (Å²) in [4.78, 5) is 39.9. The van der Waals surface area contributed by atoms with Crippen LogP contribution in [0, 0.1) is 0 Å². The van der Waals surface area contributed by atoms with Crippen molar-refractivity contribution in [3.63, 3.8) is 0 Å². The van der Waals surface area contributed by atoms with Crippen molar-refractivity contribution in [2.45, 2.75) is 13.5 Å². The summed E-state index contributed by atoms with van der Waals surface area (Å²) in [6, 6.07) is 17.5. The summed E-state index contributed by atoms with van der Waals surface area (Å²) in [5.74, 6) is -0.569. The molecule has 27 heavy (non-hydrogen) atoms. The summed E-state index contributed by atoms with van der Waals surface area (Å²) in [5.41, 5.74) is 2.17. The van der Waals surface area contributed by atoms with Gasteiger partial charge in [-0.1, -0.05) is 36.4 Å². The second kappa shape index (κ2) is 8.09. The number of carbonyl (C=O) groups excluding carboxylic acids is 2. The van der Waals surface area contributed by atoms with Crippen molar-refractivity contribution in [3.8, 4) is 11.3 Å². The van der Waals surface area contributed by atoms with Crippen molar-refractivity contribution in [3.05, 3.63) is 77.3 Å². The molecule has 2 aromatic carbocycles. The summed E-state index contributed by atoms with van der Waals surface area (Å²) in [5, 5.41) is 5.34. The molecule has 0 aliphatic carbocycles. The molecule has 7 nitrogen and oxygen atoms in total. The number of hydrogen-bond donors (Lipinski definition) is 2. The maximum absolute atomic E-state index is 12.3. The van der Waals surface area contributed by atoms with E-state index in [9.17, 15) is 14.4 Å². The fraction of sp³-hybridized carbons (Fsp3) is 0.100. The molecule has 0 atom stereocenters. The van der Waals surface area contributed by atoms with E-state index < -0.39 is 0 Å². The van der Waals surface area contributed by atoms with Gasteiger partial charge in [0.15, 0.2) is 0 Å². The van der Waals surface area contributed by atoms with E-state index in [1.54, 1.807) is 24.3 Å². The van der Waals surface area contributed by atoms with E-state index in [2.05, 4.69) is 15.6 Å². The first-order valence-electron chi connectivity index (χ1n) is 8.31. The molecule has 2 N–H and O–H groups in total. The van der Waals surface area contributed by atoms with Crippen LogP contribution in [0.25, 0.3) is 11.3 Å². The first kappa shape index (κ1) is 18.1. The van der Waals surface area contributed by atoms with Gasteiger partial charge < -0.3 is 10.6 Å². The molecule has 2 amide bonds. The highest BCUT2D eigenvalue weighted by molar-refractivity contribution is 5.93. The van der Waals surface area contributed by atoms with E-state index in [0.29, 0.717) is 17.1 Å². The molecule has 0 aliphatic rings. The predicted molar refractivity (Wildman–Crippen MR) is 103 cm³/mol. The summed E-state index contributed by atoms with van der Waals surface area (Å²) in [7, 11) is 0. The molecule has 0 bridgehead atoms. The second-order valence-corrected chi connectivity index (χ2v) is 5.92. The zero-order valence-electron chi connectivity index (χ0n) is 14.7. The molecule has 0 fully saturated rings. The van der Waals surface area contributed by atoms with Gasteiger partial charge in [0.1, 0.15) is 6.54 Å². The number of amides is 2. The highest BCUT2D eigenvalue weighted by Crippen LogP contribution is 2.15. The molecule has 0 radical (unpaired) electrons. The second-order valence-electron chi connectivity index (χ2n) is 5.92. The van der Waals surface area contributed by atoms with Gasteiger partial charge in [0.25, 0.3) is 5.56 Å². The van der Waals surface area contributed by atoms with Gasteiger partial charge in [-0.15, -0.1) is 0 Å². The van der Waals surface area contributed by atoms with Gasteiger partial charge >= 0.3 is 0 Å². The molecule has 0 saturated carbocycles. The monoisotopic (exact) mass is 362 g/mol. The lowest BCUT2D eigenvalue weighted by atomic mass is 10.1. The molecule has 0 saturated heterocycles. The van der Waals surface area contributed by atoms with Gasteiger partial charge in [0.05, 0.1) is 12.0 Å². The number of anilines is 2. The van der Waals surface area contributed by atoms with E-state index in [4.69, 9.17) is 0 Å². The quantitative estimate of drug-likeness (QED) is 0.729. The molecule has 0 spiro atoms. The molecule has 3 aromatic rings. The van der Waals surface area contributed by atoms with Crippen molar-refractivity contribution in [1.82, 2.24) is 9.55 Å². The standard InChI is InChI=1S/C20H18N4O3/c1-14(25)22-16-8-5-9-17(10-16)23-19(26)12-24-13-21-18(11-20(24)27)15-6-3-2-4-7-15/h2-11,13H,12H2,1H3,(H,22,25)(H,23,26). The van der Waals surface area contributed by atoms with Crippen molar-refractivity contribution in [1.29, 1.82) is 0 Å². The van der Waals surface area contributed by atoms with Crippen molar-refractivity contribution < 1.29 is 9.59 Å². The topological polar surface area (TPSA) is 93.1 Å². The Morgan fingerprint density at radius 3 is 2.33 bits per heavy atom. The average molecular weight is 362 g/mol. The number of benzene rings is 2. The lowest BCUT2D eigenvalue weighted by molar-refractivity contribution is -0.117. The smallest absolute Gasteiger partial charge is 0.254 e. The molecular weight excluding hydrogens is 344 g/mol. The van der Waals surface area contributed by atoms with E-state index >= 15 is 0 Å². The van der Waals surface area contributed by atoms with E-state index in [1.807, 2.05) is 30.3 Å². The van der Waals surface area contributed by atoms with Crippen LogP contribution in [0.4, 0.5) is 11.4 Å². The number of carbonyl (C=O) groups is 2. The van der Waals surface area contributed by atoms with Gasteiger partial charge in [0, 0.05) is 29.9 Å².